The van der Waals surface area contributed by atoms with E-state index in [0.29, 0.717) is 22.7 Å². The molecular weight excluding hydrogens is 268 g/mol. The molecule has 0 amide bonds. The molecule has 0 aromatic heterocycles. The first-order valence-electron chi connectivity index (χ1n) is 8.64. The lowest BCUT2D eigenvalue weighted by Gasteiger charge is -2.28. The van der Waals surface area contributed by atoms with E-state index < -0.39 is 0 Å². The maximum absolute atomic E-state index is 4.26. The fraction of sp³-hybridized carbons (Fsp3) is 0.700. The quantitative estimate of drug-likeness (QED) is 0.348. The average Bonchev–Trinajstić information content (AvgIpc) is 2.85. The van der Waals surface area contributed by atoms with Crippen molar-refractivity contribution in [1.29, 1.82) is 0 Å². The van der Waals surface area contributed by atoms with Crippen LogP contribution in [0.2, 0.25) is 0 Å². The van der Waals surface area contributed by atoms with Gasteiger partial charge in [-0.2, -0.15) is 10.2 Å². The summed E-state index contributed by atoms with van der Waals surface area (Å²) < 4.78 is 0. The zero-order valence-electron chi connectivity index (χ0n) is 15.2. The Bertz CT molecular complexity index is 470. The van der Waals surface area contributed by atoms with Gasteiger partial charge in [0.15, 0.2) is 0 Å². The van der Waals surface area contributed by atoms with Crippen molar-refractivity contribution in [2.24, 2.45) is 32.9 Å². The molecule has 0 unspecified atom stereocenters. The summed E-state index contributed by atoms with van der Waals surface area (Å²) in [4.78, 5) is 0. The van der Waals surface area contributed by atoms with Crippen LogP contribution in [-0.2, 0) is 0 Å². The van der Waals surface area contributed by atoms with Crippen LogP contribution in [0.3, 0.4) is 0 Å². The molecule has 2 nitrogen and oxygen atoms in total. The minimum atomic E-state index is 0.312. The van der Waals surface area contributed by atoms with Gasteiger partial charge in [-0.05, 0) is 62.2 Å². The summed E-state index contributed by atoms with van der Waals surface area (Å²) in [5.74, 6) is 1.35. The maximum atomic E-state index is 4.26. The second kappa shape index (κ2) is 6.52. The summed E-state index contributed by atoms with van der Waals surface area (Å²) in [6.07, 6.45) is 13.1. The van der Waals surface area contributed by atoms with Crippen LogP contribution in [-0.4, -0.2) is 12.4 Å². The van der Waals surface area contributed by atoms with E-state index in [2.05, 4.69) is 63.9 Å². The monoisotopic (exact) mass is 300 g/mol. The number of rotatable bonds is 5. The molecule has 0 radical (unpaired) electrons. The first-order chi connectivity index (χ1) is 10.3. The first kappa shape index (κ1) is 17.2. The fourth-order valence-corrected chi connectivity index (χ4v) is 3.62. The third-order valence-electron chi connectivity index (χ3n) is 6.50. The van der Waals surface area contributed by atoms with Gasteiger partial charge in [-0.1, -0.05) is 51.0 Å². The maximum Gasteiger partial charge on any atom is 0.0273 e. The topological polar surface area (TPSA) is 24.7 Å². The van der Waals surface area contributed by atoms with Crippen LogP contribution in [0.25, 0.3) is 0 Å². The van der Waals surface area contributed by atoms with Crippen LogP contribution in [0.1, 0.15) is 67.2 Å². The minimum absolute atomic E-state index is 0.312. The Morgan fingerprint density at radius 1 is 0.864 bits per heavy atom. The number of hydrogen-bond donors (Lipinski definition) is 0. The molecule has 2 rings (SSSR count). The highest BCUT2D eigenvalue weighted by Crippen LogP contribution is 2.45. The first-order valence-corrected chi connectivity index (χ1v) is 8.64. The lowest BCUT2D eigenvalue weighted by atomic mass is 9.76. The Labute approximate surface area is 136 Å². The molecule has 0 aromatic rings. The second-order valence-corrected chi connectivity index (χ2v) is 8.15. The highest BCUT2D eigenvalue weighted by atomic mass is 15.2. The Kier molecular flexibility index (Phi) is 5.09. The summed E-state index contributed by atoms with van der Waals surface area (Å²) in [6.45, 7) is 13.8. The van der Waals surface area contributed by atoms with Crippen LogP contribution < -0.4 is 0 Å². The van der Waals surface area contributed by atoms with E-state index in [4.69, 9.17) is 0 Å². The molecule has 0 heterocycles. The van der Waals surface area contributed by atoms with Crippen LogP contribution in [0.5, 0.6) is 0 Å². The fourth-order valence-electron chi connectivity index (χ4n) is 3.62. The van der Waals surface area contributed by atoms with E-state index in [1.165, 1.54) is 24.0 Å². The van der Waals surface area contributed by atoms with Crippen molar-refractivity contribution in [3.8, 4) is 0 Å². The van der Waals surface area contributed by atoms with Gasteiger partial charge in [0.25, 0.3) is 0 Å². The highest BCUT2D eigenvalue weighted by molar-refractivity contribution is 5.62. The summed E-state index contributed by atoms with van der Waals surface area (Å²) in [5, 5.41) is 8.51. The van der Waals surface area contributed by atoms with Crippen molar-refractivity contribution in [3.63, 3.8) is 0 Å². The summed E-state index contributed by atoms with van der Waals surface area (Å²) in [7, 11) is 0. The zero-order valence-corrected chi connectivity index (χ0v) is 15.2. The number of nitrogens with zero attached hydrogens (tertiary/aromatic N) is 2. The summed E-state index contributed by atoms with van der Waals surface area (Å²) in [5.41, 5.74) is 3.65. The van der Waals surface area contributed by atoms with Crippen LogP contribution in [0.15, 0.2) is 33.5 Å². The van der Waals surface area contributed by atoms with Crippen molar-refractivity contribution in [2.75, 3.05) is 0 Å². The van der Waals surface area contributed by atoms with Crippen LogP contribution >= 0.6 is 0 Å². The molecular formula is C20H32N2. The lowest BCUT2D eigenvalue weighted by Crippen LogP contribution is -2.20. The molecule has 2 heteroatoms. The van der Waals surface area contributed by atoms with Crippen molar-refractivity contribution < 1.29 is 0 Å². The van der Waals surface area contributed by atoms with Gasteiger partial charge in [0.05, 0.1) is 0 Å². The van der Waals surface area contributed by atoms with E-state index in [1.807, 2.05) is 12.4 Å². The van der Waals surface area contributed by atoms with Crippen LogP contribution in [0.4, 0.5) is 0 Å². The molecule has 22 heavy (non-hydrogen) atoms. The third kappa shape index (κ3) is 3.42. The Balaban J connectivity index is 1.75. The number of hydrogen-bond acceptors (Lipinski definition) is 2. The molecule has 0 aliphatic heterocycles. The van der Waals surface area contributed by atoms with E-state index in [-0.39, 0.29) is 0 Å². The zero-order chi connectivity index (χ0) is 16.4. The molecule has 0 saturated heterocycles. The molecule has 0 spiro atoms. The SMILES string of the molecule is CC1=CC[C@H](C/C=N/N=C/C[C@@H]2CC=C(C)C2(C)C)C1(C)C. The molecule has 0 aromatic carbocycles. The Morgan fingerprint density at radius 3 is 1.50 bits per heavy atom. The van der Waals surface area contributed by atoms with Gasteiger partial charge >= 0.3 is 0 Å². The minimum Gasteiger partial charge on any atom is -0.164 e. The second-order valence-electron chi connectivity index (χ2n) is 8.15. The molecule has 2 atom stereocenters. The third-order valence-corrected chi connectivity index (χ3v) is 6.50. The standard InChI is InChI=1S/C20H32N2/c1-15-7-9-17(19(15,3)4)11-13-21-22-14-12-18-10-8-16(2)20(18,5)6/h7-8,13-14,17-18H,9-12H2,1-6H3/b21-13+,22-14+/t17-,18+. The normalized spacial score (nSPS) is 30.3. The molecule has 0 fully saturated rings. The predicted molar refractivity (Wildman–Crippen MR) is 97.5 cm³/mol. The molecule has 0 N–H and O–H groups in total. The Morgan fingerprint density at radius 2 is 1.23 bits per heavy atom. The lowest BCUT2D eigenvalue weighted by molar-refractivity contribution is 0.302. The van der Waals surface area contributed by atoms with Gasteiger partial charge in [0.2, 0.25) is 0 Å². The molecule has 0 saturated carbocycles. The van der Waals surface area contributed by atoms with Crippen molar-refractivity contribution in [2.45, 2.75) is 67.2 Å². The molecule has 122 valence electrons. The van der Waals surface area contributed by atoms with Gasteiger partial charge in [-0.15, -0.1) is 0 Å². The van der Waals surface area contributed by atoms with E-state index in [0.717, 1.165) is 12.8 Å². The van der Waals surface area contributed by atoms with Gasteiger partial charge in [0, 0.05) is 12.4 Å². The van der Waals surface area contributed by atoms with Crippen LogP contribution in [0, 0.1) is 22.7 Å². The average molecular weight is 300 g/mol. The highest BCUT2D eigenvalue weighted by Gasteiger charge is 2.34. The molecule has 0 bridgehead atoms. The predicted octanol–water partition coefficient (Wildman–Crippen LogP) is 5.81. The Hall–Kier alpha value is -1.18. The van der Waals surface area contributed by atoms with Gasteiger partial charge in [-0.25, -0.2) is 0 Å². The van der Waals surface area contributed by atoms with Crippen molar-refractivity contribution >= 4 is 12.4 Å². The van der Waals surface area contributed by atoms with Crippen molar-refractivity contribution in [3.05, 3.63) is 23.3 Å². The van der Waals surface area contributed by atoms with Gasteiger partial charge in [-0.3, -0.25) is 0 Å². The van der Waals surface area contributed by atoms with E-state index in [9.17, 15) is 0 Å². The van der Waals surface area contributed by atoms with Gasteiger partial charge in [0.1, 0.15) is 0 Å². The summed E-state index contributed by atoms with van der Waals surface area (Å²) in [6, 6.07) is 0. The van der Waals surface area contributed by atoms with E-state index >= 15 is 0 Å². The largest absolute Gasteiger partial charge is 0.164 e. The smallest absolute Gasteiger partial charge is 0.0273 e. The van der Waals surface area contributed by atoms with Crippen molar-refractivity contribution in [1.82, 2.24) is 0 Å². The van der Waals surface area contributed by atoms with Gasteiger partial charge < -0.3 is 0 Å². The van der Waals surface area contributed by atoms with E-state index in [1.54, 1.807) is 0 Å². The number of allylic oxidation sites excluding steroid dienone is 4. The summed E-state index contributed by atoms with van der Waals surface area (Å²) >= 11 is 0. The molecule has 2 aliphatic rings. The molecule has 2 aliphatic carbocycles.